The van der Waals surface area contributed by atoms with E-state index in [0.29, 0.717) is 21.9 Å². The van der Waals surface area contributed by atoms with Crippen LogP contribution in [0.2, 0.25) is 5.02 Å². The summed E-state index contributed by atoms with van der Waals surface area (Å²) in [6.45, 7) is 1.87. The topological polar surface area (TPSA) is 52.0 Å². The highest BCUT2D eigenvalue weighted by atomic mass is 35.5. The van der Waals surface area contributed by atoms with E-state index in [1.807, 2.05) is 19.1 Å². The Morgan fingerprint density at radius 2 is 2.00 bits per heavy atom. The summed E-state index contributed by atoms with van der Waals surface area (Å²) in [5, 5.41) is 4.39. The summed E-state index contributed by atoms with van der Waals surface area (Å²) in [5.41, 5.74) is 8.79. The van der Waals surface area contributed by atoms with Crippen LogP contribution in [-0.4, -0.2) is 5.16 Å². The van der Waals surface area contributed by atoms with Crippen molar-refractivity contribution in [1.29, 1.82) is 0 Å². The second-order valence-corrected chi connectivity index (χ2v) is 5.18. The van der Waals surface area contributed by atoms with E-state index in [4.69, 9.17) is 21.9 Å². The molecule has 3 nitrogen and oxygen atoms in total. The first-order chi connectivity index (χ1) is 10.1. The number of nitrogens with two attached hydrogens (primary N) is 1. The zero-order valence-electron chi connectivity index (χ0n) is 11.2. The molecule has 2 aromatic carbocycles. The Labute approximate surface area is 126 Å². The van der Waals surface area contributed by atoms with E-state index >= 15 is 0 Å². The quantitative estimate of drug-likeness (QED) is 0.747. The molecular weight excluding hydrogens is 291 g/mol. The average Bonchev–Trinajstić information content (AvgIpc) is 2.83. The maximum atomic E-state index is 13.5. The van der Waals surface area contributed by atoms with E-state index in [0.717, 1.165) is 11.1 Å². The number of nitrogen functional groups attached to an aromatic ring is 1. The van der Waals surface area contributed by atoms with Crippen molar-refractivity contribution in [3.05, 3.63) is 58.9 Å². The van der Waals surface area contributed by atoms with Crippen LogP contribution in [0.25, 0.3) is 22.5 Å². The van der Waals surface area contributed by atoms with Crippen LogP contribution in [0.15, 0.2) is 47.0 Å². The molecule has 0 radical (unpaired) electrons. The molecule has 21 heavy (non-hydrogen) atoms. The van der Waals surface area contributed by atoms with Crippen LogP contribution in [0.5, 0.6) is 0 Å². The lowest BCUT2D eigenvalue weighted by atomic mass is 9.98. The Bertz CT molecular complexity index is 814. The Balaban J connectivity index is 2.24. The monoisotopic (exact) mass is 302 g/mol. The van der Waals surface area contributed by atoms with Gasteiger partial charge in [-0.1, -0.05) is 35.0 Å². The standard InChI is InChI=1S/C16H12ClFN2O/c1-9-5-6-12(18)8-13(9)15-14(16(19)20-21-15)10-3-2-4-11(17)7-10/h2-8H,1H3,(H2,19,20). The van der Waals surface area contributed by atoms with Gasteiger partial charge in [-0.25, -0.2) is 4.39 Å². The van der Waals surface area contributed by atoms with Gasteiger partial charge in [0, 0.05) is 10.6 Å². The first kappa shape index (κ1) is 13.6. The molecule has 0 fully saturated rings. The Morgan fingerprint density at radius 1 is 1.19 bits per heavy atom. The molecule has 0 bridgehead atoms. The van der Waals surface area contributed by atoms with Crippen molar-refractivity contribution in [3.63, 3.8) is 0 Å². The fourth-order valence-electron chi connectivity index (χ4n) is 2.25. The van der Waals surface area contributed by atoms with E-state index in [2.05, 4.69) is 5.16 Å². The molecule has 0 spiro atoms. The first-order valence-electron chi connectivity index (χ1n) is 6.34. The summed E-state index contributed by atoms with van der Waals surface area (Å²) >= 11 is 6.02. The smallest absolute Gasteiger partial charge is 0.177 e. The van der Waals surface area contributed by atoms with Gasteiger partial charge >= 0.3 is 0 Å². The zero-order valence-corrected chi connectivity index (χ0v) is 12.0. The second kappa shape index (κ2) is 5.22. The lowest BCUT2D eigenvalue weighted by molar-refractivity contribution is 0.435. The van der Waals surface area contributed by atoms with Crippen LogP contribution in [0.4, 0.5) is 10.2 Å². The third-order valence-corrected chi connectivity index (χ3v) is 3.51. The van der Waals surface area contributed by atoms with Crippen molar-refractivity contribution in [1.82, 2.24) is 5.16 Å². The van der Waals surface area contributed by atoms with Crippen molar-refractivity contribution >= 4 is 17.4 Å². The molecule has 0 atom stereocenters. The molecule has 106 valence electrons. The Kier molecular flexibility index (Phi) is 3.39. The van der Waals surface area contributed by atoms with Crippen LogP contribution >= 0.6 is 11.6 Å². The molecule has 2 N–H and O–H groups in total. The van der Waals surface area contributed by atoms with Gasteiger partial charge in [0.1, 0.15) is 5.82 Å². The molecule has 3 rings (SSSR count). The largest absolute Gasteiger partial charge is 0.380 e. The number of hydrogen-bond acceptors (Lipinski definition) is 3. The Hall–Kier alpha value is -2.33. The first-order valence-corrected chi connectivity index (χ1v) is 6.71. The van der Waals surface area contributed by atoms with E-state index in [1.54, 1.807) is 18.2 Å². The molecule has 5 heteroatoms. The third kappa shape index (κ3) is 2.50. The average molecular weight is 303 g/mol. The number of hydrogen-bond donors (Lipinski definition) is 1. The van der Waals surface area contributed by atoms with Gasteiger partial charge in [0.25, 0.3) is 0 Å². The van der Waals surface area contributed by atoms with Crippen LogP contribution in [-0.2, 0) is 0 Å². The van der Waals surface area contributed by atoms with Crippen molar-refractivity contribution in [2.45, 2.75) is 6.92 Å². The predicted molar refractivity (Wildman–Crippen MR) is 81.5 cm³/mol. The molecule has 0 aliphatic rings. The Morgan fingerprint density at radius 3 is 2.76 bits per heavy atom. The SMILES string of the molecule is Cc1ccc(F)cc1-c1onc(N)c1-c1cccc(Cl)c1. The zero-order chi connectivity index (χ0) is 15.0. The van der Waals surface area contributed by atoms with Crippen molar-refractivity contribution in [3.8, 4) is 22.5 Å². The van der Waals surface area contributed by atoms with E-state index in [1.165, 1.54) is 12.1 Å². The normalized spacial score (nSPS) is 10.8. The van der Waals surface area contributed by atoms with Gasteiger partial charge in [-0.15, -0.1) is 0 Å². The van der Waals surface area contributed by atoms with Crippen LogP contribution in [0, 0.1) is 12.7 Å². The number of anilines is 1. The molecule has 0 aliphatic heterocycles. The molecule has 0 unspecified atom stereocenters. The van der Waals surface area contributed by atoms with Gasteiger partial charge in [-0.2, -0.15) is 0 Å². The highest BCUT2D eigenvalue weighted by molar-refractivity contribution is 6.30. The molecule has 0 saturated carbocycles. The van der Waals surface area contributed by atoms with Gasteiger partial charge < -0.3 is 10.3 Å². The maximum absolute atomic E-state index is 13.5. The summed E-state index contributed by atoms with van der Waals surface area (Å²) in [6.07, 6.45) is 0. The highest BCUT2D eigenvalue weighted by Gasteiger charge is 2.19. The highest BCUT2D eigenvalue weighted by Crippen LogP contribution is 2.38. The van der Waals surface area contributed by atoms with Gasteiger partial charge in [0.2, 0.25) is 0 Å². The fourth-order valence-corrected chi connectivity index (χ4v) is 2.44. The summed E-state index contributed by atoms with van der Waals surface area (Å²) in [4.78, 5) is 0. The number of aromatic nitrogens is 1. The van der Waals surface area contributed by atoms with E-state index in [9.17, 15) is 4.39 Å². The number of benzene rings is 2. The van der Waals surface area contributed by atoms with Crippen molar-refractivity contribution in [2.24, 2.45) is 0 Å². The molecule has 0 aliphatic carbocycles. The van der Waals surface area contributed by atoms with Crippen molar-refractivity contribution < 1.29 is 8.91 Å². The molecule has 0 saturated heterocycles. The number of rotatable bonds is 2. The maximum Gasteiger partial charge on any atom is 0.177 e. The predicted octanol–water partition coefficient (Wildman–Crippen LogP) is 4.69. The second-order valence-electron chi connectivity index (χ2n) is 4.74. The van der Waals surface area contributed by atoms with Gasteiger partial charge in [-0.05, 0) is 42.3 Å². The molecular formula is C16H12ClFN2O. The molecule has 0 amide bonds. The number of aryl methyl sites for hydroxylation is 1. The van der Waals surface area contributed by atoms with Crippen LogP contribution < -0.4 is 5.73 Å². The summed E-state index contributed by atoms with van der Waals surface area (Å²) in [6, 6.07) is 11.7. The summed E-state index contributed by atoms with van der Waals surface area (Å²) in [5.74, 6) is 0.338. The van der Waals surface area contributed by atoms with Gasteiger partial charge in [0.05, 0.1) is 5.56 Å². The molecule has 3 aromatic rings. The van der Waals surface area contributed by atoms with E-state index in [-0.39, 0.29) is 11.6 Å². The fraction of sp³-hybridized carbons (Fsp3) is 0.0625. The molecule has 1 heterocycles. The number of nitrogens with zero attached hydrogens (tertiary/aromatic N) is 1. The van der Waals surface area contributed by atoms with Gasteiger partial charge in [0.15, 0.2) is 11.6 Å². The minimum atomic E-state index is -0.345. The summed E-state index contributed by atoms with van der Waals surface area (Å²) < 4.78 is 18.9. The van der Waals surface area contributed by atoms with Gasteiger partial charge in [-0.3, -0.25) is 0 Å². The lowest BCUT2D eigenvalue weighted by Gasteiger charge is -2.06. The van der Waals surface area contributed by atoms with Crippen LogP contribution in [0.1, 0.15) is 5.56 Å². The number of halogens is 2. The lowest BCUT2D eigenvalue weighted by Crippen LogP contribution is -1.90. The summed E-state index contributed by atoms with van der Waals surface area (Å²) in [7, 11) is 0. The van der Waals surface area contributed by atoms with Crippen LogP contribution in [0.3, 0.4) is 0 Å². The minimum absolute atomic E-state index is 0.246. The van der Waals surface area contributed by atoms with Crippen molar-refractivity contribution in [2.75, 3.05) is 5.73 Å². The minimum Gasteiger partial charge on any atom is -0.380 e. The molecule has 1 aromatic heterocycles. The third-order valence-electron chi connectivity index (χ3n) is 3.28. The van der Waals surface area contributed by atoms with E-state index < -0.39 is 0 Å².